The number of carbonyl (C=O) groups excluding carboxylic acids is 2. The normalized spacial score (nSPS) is 14.9. The number of thiocarbonyl (C=S) groups is 1. The van der Waals surface area contributed by atoms with Crippen LogP contribution in [-0.2, 0) is 16.2 Å². The number of carbonyl (C=O) groups is 2. The Hall–Kier alpha value is -3.71. The average Bonchev–Trinajstić information content (AvgIpc) is 2.87. The van der Waals surface area contributed by atoms with Crippen molar-refractivity contribution in [3.8, 4) is 5.75 Å². The molecule has 0 radical (unpaired) electrons. The molecule has 178 valence electrons. The summed E-state index contributed by atoms with van der Waals surface area (Å²) in [5.74, 6) is -0.599. The zero-order valence-electron chi connectivity index (χ0n) is 18.7. The van der Waals surface area contributed by atoms with Crippen molar-refractivity contribution in [1.29, 1.82) is 0 Å². The Morgan fingerprint density at radius 3 is 2.44 bits per heavy atom. The van der Waals surface area contributed by atoms with Crippen LogP contribution in [0.15, 0.2) is 90.5 Å². The molecule has 1 heterocycles. The minimum Gasteiger partial charge on any atom is -0.488 e. The fourth-order valence-electron chi connectivity index (χ4n) is 3.96. The Labute approximate surface area is 222 Å². The quantitative estimate of drug-likeness (QED) is 0.179. The predicted molar refractivity (Wildman–Crippen MR) is 147 cm³/mol. The van der Waals surface area contributed by atoms with Crippen molar-refractivity contribution in [1.82, 2.24) is 5.32 Å². The van der Waals surface area contributed by atoms with E-state index in [0.717, 1.165) is 16.3 Å². The minimum atomic E-state index is -0.572. The predicted octanol–water partition coefficient (Wildman–Crippen LogP) is 6.56. The molecule has 0 atom stereocenters. The van der Waals surface area contributed by atoms with Gasteiger partial charge in [-0.2, -0.15) is 0 Å². The molecule has 4 aromatic rings. The van der Waals surface area contributed by atoms with E-state index in [1.165, 1.54) is 4.90 Å². The van der Waals surface area contributed by atoms with E-state index in [-0.39, 0.29) is 17.3 Å². The summed E-state index contributed by atoms with van der Waals surface area (Å²) in [5.41, 5.74) is 1.85. The van der Waals surface area contributed by atoms with E-state index in [1.807, 2.05) is 42.5 Å². The van der Waals surface area contributed by atoms with Crippen LogP contribution in [0.1, 0.15) is 11.1 Å². The zero-order chi connectivity index (χ0) is 25.2. The molecule has 5 nitrogen and oxygen atoms in total. The number of hydrogen-bond acceptors (Lipinski definition) is 4. The Balaban J connectivity index is 1.58. The summed E-state index contributed by atoms with van der Waals surface area (Å²) in [6.07, 6.45) is 1.55. The number of ether oxygens (including phenoxy) is 1. The van der Waals surface area contributed by atoms with Crippen LogP contribution < -0.4 is 15.0 Å². The van der Waals surface area contributed by atoms with Gasteiger partial charge in [-0.25, -0.2) is 0 Å². The van der Waals surface area contributed by atoms with Gasteiger partial charge in [0, 0.05) is 21.2 Å². The van der Waals surface area contributed by atoms with Gasteiger partial charge in [0.1, 0.15) is 17.9 Å². The molecule has 1 saturated heterocycles. The van der Waals surface area contributed by atoms with Crippen LogP contribution in [0.25, 0.3) is 16.8 Å². The standard InChI is InChI=1S/C28H18Cl2N2O3S/c29-19-12-10-18(24(30)14-19)16-35-25-13-11-17-6-4-5-9-21(17)22(25)15-23-26(33)31-28(36)32(27(23)34)20-7-2-1-3-8-20/h1-15H,16H2,(H,31,33,36)/b23-15-. The second-order valence-electron chi connectivity index (χ2n) is 8.02. The summed E-state index contributed by atoms with van der Waals surface area (Å²) in [6.45, 7) is 0.172. The van der Waals surface area contributed by atoms with Crippen molar-refractivity contribution in [3.05, 3.63) is 112 Å². The van der Waals surface area contributed by atoms with Crippen LogP contribution in [0.2, 0.25) is 10.0 Å². The number of hydrogen-bond donors (Lipinski definition) is 1. The molecular formula is C28H18Cl2N2O3S. The van der Waals surface area contributed by atoms with E-state index in [4.69, 9.17) is 40.2 Å². The van der Waals surface area contributed by atoms with Gasteiger partial charge in [-0.1, -0.05) is 77.8 Å². The van der Waals surface area contributed by atoms with Gasteiger partial charge >= 0.3 is 0 Å². The van der Waals surface area contributed by atoms with E-state index >= 15 is 0 Å². The molecule has 0 aromatic heterocycles. The summed E-state index contributed by atoms with van der Waals surface area (Å²) >= 11 is 17.6. The largest absolute Gasteiger partial charge is 0.488 e. The number of fused-ring (bicyclic) bond motifs is 1. The van der Waals surface area contributed by atoms with E-state index in [0.29, 0.717) is 27.0 Å². The molecule has 0 bridgehead atoms. The number of amides is 2. The second-order valence-corrected chi connectivity index (χ2v) is 9.25. The van der Waals surface area contributed by atoms with Crippen LogP contribution in [0.3, 0.4) is 0 Å². The minimum absolute atomic E-state index is 0.0279. The van der Waals surface area contributed by atoms with E-state index in [1.54, 1.807) is 48.5 Å². The highest BCUT2D eigenvalue weighted by Crippen LogP contribution is 2.33. The number of benzene rings is 4. The molecule has 0 saturated carbocycles. The van der Waals surface area contributed by atoms with Crippen LogP contribution in [0, 0.1) is 0 Å². The van der Waals surface area contributed by atoms with Crippen LogP contribution >= 0.6 is 35.4 Å². The van der Waals surface area contributed by atoms with Gasteiger partial charge < -0.3 is 4.74 Å². The van der Waals surface area contributed by atoms with Gasteiger partial charge in [-0.05, 0) is 59.4 Å². The summed E-state index contributed by atoms with van der Waals surface area (Å²) in [5, 5.41) is 5.42. The van der Waals surface area contributed by atoms with E-state index in [9.17, 15) is 9.59 Å². The monoisotopic (exact) mass is 532 g/mol. The highest BCUT2D eigenvalue weighted by atomic mass is 35.5. The number of rotatable bonds is 5. The summed E-state index contributed by atoms with van der Waals surface area (Å²) in [7, 11) is 0. The average molecular weight is 533 g/mol. The number of nitrogens with one attached hydrogen (secondary N) is 1. The third-order valence-corrected chi connectivity index (χ3v) is 6.61. The van der Waals surface area contributed by atoms with E-state index in [2.05, 4.69) is 5.32 Å². The first kappa shape index (κ1) is 24.0. The molecule has 5 rings (SSSR count). The molecule has 1 fully saturated rings. The van der Waals surface area contributed by atoms with Crippen LogP contribution in [0.4, 0.5) is 5.69 Å². The molecule has 0 spiro atoms. The van der Waals surface area contributed by atoms with Crippen molar-refractivity contribution in [2.75, 3.05) is 4.90 Å². The number of para-hydroxylation sites is 1. The first-order valence-corrected chi connectivity index (χ1v) is 12.1. The lowest BCUT2D eigenvalue weighted by molar-refractivity contribution is -0.122. The lowest BCUT2D eigenvalue weighted by Crippen LogP contribution is -2.54. The van der Waals surface area contributed by atoms with Crippen molar-refractivity contribution >= 4 is 74.9 Å². The summed E-state index contributed by atoms with van der Waals surface area (Å²) < 4.78 is 6.14. The van der Waals surface area contributed by atoms with Gasteiger partial charge in [0.05, 0.1) is 5.69 Å². The van der Waals surface area contributed by atoms with Gasteiger partial charge in [-0.3, -0.25) is 19.8 Å². The molecule has 1 aliphatic heterocycles. The molecule has 1 aliphatic rings. The molecule has 2 amide bonds. The Kier molecular flexibility index (Phi) is 6.74. The third kappa shape index (κ3) is 4.71. The van der Waals surface area contributed by atoms with Gasteiger partial charge in [0.15, 0.2) is 5.11 Å². The fourth-order valence-corrected chi connectivity index (χ4v) is 4.70. The summed E-state index contributed by atoms with van der Waals surface area (Å²) in [4.78, 5) is 27.7. The lowest BCUT2D eigenvalue weighted by Gasteiger charge is -2.29. The van der Waals surface area contributed by atoms with Gasteiger partial charge in [0.25, 0.3) is 11.8 Å². The smallest absolute Gasteiger partial charge is 0.270 e. The highest BCUT2D eigenvalue weighted by Gasteiger charge is 2.34. The van der Waals surface area contributed by atoms with Crippen molar-refractivity contribution in [2.45, 2.75) is 6.61 Å². The molecule has 0 aliphatic carbocycles. The second kappa shape index (κ2) is 10.1. The highest BCUT2D eigenvalue weighted by molar-refractivity contribution is 7.80. The maximum Gasteiger partial charge on any atom is 0.270 e. The summed E-state index contributed by atoms with van der Waals surface area (Å²) in [6, 6.07) is 25.5. The molecular weight excluding hydrogens is 515 g/mol. The molecule has 36 heavy (non-hydrogen) atoms. The maximum absolute atomic E-state index is 13.5. The Morgan fingerprint density at radius 2 is 1.67 bits per heavy atom. The molecule has 0 unspecified atom stereocenters. The number of anilines is 1. The fraction of sp³-hybridized carbons (Fsp3) is 0.0357. The number of nitrogens with zero attached hydrogens (tertiary/aromatic N) is 1. The Bertz CT molecular complexity index is 1550. The maximum atomic E-state index is 13.5. The van der Waals surface area contributed by atoms with Crippen LogP contribution in [-0.4, -0.2) is 16.9 Å². The first-order valence-electron chi connectivity index (χ1n) is 11.0. The SMILES string of the molecule is O=C1NC(=S)N(c2ccccc2)C(=O)/C1=C\c1c(OCc2ccc(Cl)cc2Cl)ccc2ccccc12. The van der Waals surface area contributed by atoms with Crippen molar-refractivity contribution in [2.24, 2.45) is 0 Å². The lowest BCUT2D eigenvalue weighted by atomic mass is 9.99. The van der Waals surface area contributed by atoms with Gasteiger partial charge in [-0.15, -0.1) is 0 Å². The third-order valence-electron chi connectivity index (χ3n) is 5.73. The van der Waals surface area contributed by atoms with Crippen LogP contribution in [0.5, 0.6) is 5.75 Å². The topological polar surface area (TPSA) is 58.6 Å². The molecule has 4 aromatic carbocycles. The Morgan fingerprint density at radius 1 is 0.917 bits per heavy atom. The van der Waals surface area contributed by atoms with E-state index < -0.39 is 11.8 Å². The molecule has 1 N–H and O–H groups in total. The number of halogens is 2. The van der Waals surface area contributed by atoms with Crippen molar-refractivity contribution in [3.63, 3.8) is 0 Å². The first-order chi connectivity index (χ1) is 17.4. The van der Waals surface area contributed by atoms with Gasteiger partial charge in [0.2, 0.25) is 0 Å². The zero-order valence-corrected chi connectivity index (χ0v) is 21.0. The molecule has 8 heteroatoms. The van der Waals surface area contributed by atoms with Crippen molar-refractivity contribution < 1.29 is 14.3 Å².